The van der Waals surface area contributed by atoms with Crippen LogP contribution >= 0.6 is 0 Å². The van der Waals surface area contributed by atoms with Crippen LogP contribution in [0.15, 0.2) is 54.6 Å². The van der Waals surface area contributed by atoms with E-state index in [0.717, 1.165) is 12.8 Å². The number of hydrogen-bond acceptors (Lipinski definition) is 1. The minimum Gasteiger partial charge on any atom is -0.393 e. The third-order valence-corrected chi connectivity index (χ3v) is 3.71. The number of benzene rings is 3. The first-order valence-electron chi connectivity index (χ1n) is 6.86. The highest BCUT2D eigenvalue weighted by Crippen LogP contribution is 2.24. The highest BCUT2D eigenvalue weighted by Gasteiger charge is 2.04. The lowest BCUT2D eigenvalue weighted by atomic mass is 9.99. The van der Waals surface area contributed by atoms with Crippen LogP contribution in [0.3, 0.4) is 0 Å². The average Bonchev–Trinajstić information content (AvgIpc) is 2.45. The molecule has 3 rings (SSSR count). The van der Waals surface area contributed by atoms with E-state index in [9.17, 15) is 5.11 Å². The molecule has 0 aliphatic carbocycles. The summed E-state index contributed by atoms with van der Waals surface area (Å²) in [5.74, 6) is 0. The van der Waals surface area contributed by atoms with Crippen molar-refractivity contribution in [3.8, 4) is 0 Å². The quantitative estimate of drug-likeness (QED) is 0.687. The monoisotopic (exact) mass is 250 g/mol. The molecule has 0 spiro atoms. The van der Waals surface area contributed by atoms with Gasteiger partial charge in [-0.25, -0.2) is 0 Å². The van der Waals surface area contributed by atoms with E-state index in [1.54, 1.807) is 0 Å². The lowest BCUT2D eigenvalue weighted by Crippen LogP contribution is -2.08. The molecule has 1 nitrogen and oxygen atoms in total. The van der Waals surface area contributed by atoms with Crippen molar-refractivity contribution in [1.29, 1.82) is 0 Å². The van der Waals surface area contributed by atoms with Gasteiger partial charge in [0.15, 0.2) is 0 Å². The normalized spacial score (nSPS) is 12.9. The van der Waals surface area contributed by atoms with Gasteiger partial charge < -0.3 is 5.11 Å². The second-order valence-electron chi connectivity index (χ2n) is 5.15. The molecule has 3 aromatic rings. The van der Waals surface area contributed by atoms with Crippen LogP contribution in [0.4, 0.5) is 0 Å². The van der Waals surface area contributed by atoms with Crippen LogP contribution in [-0.4, -0.2) is 11.2 Å². The van der Waals surface area contributed by atoms with Crippen molar-refractivity contribution in [2.45, 2.75) is 25.9 Å². The number of fused-ring (bicyclic) bond motifs is 2. The molecule has 0 amide bonds. The maximum Gasteiger partial charge on any atom is 0.0577 e. The maximum absolute atomic E-state index is 9.76. The SMILES string of the molecule is CCC(O)Cc1ccc2cc3ccccc3cc2c1. The van der Waals surface area contributed by atoms with Crippen LogP contribution in [-0.2, 0) is 6.42 Å². The Labute approximate surface area is 113 Å². The molecule has 1 unspecified atom stereocenters. The number of aliphatic hydroxyl groups excluding tert-OH is 1. The zero-order valence-electron chi connectivity index (χ0n) is 11.1. The van der Waals surface area contributed by atoms with Gasteiger partial charge in [-0.3, -0.25) is 0 Å². The summed E-state index contributed by atoms with van der Waals surface area (Å²) in [6.45, 7) is 2.01. The lowest BCUT2D eigenvalue weighted by Gasteiger charge is -2.09. The van der Waals surface area contributed by atoms with E-state index in [0.29, 0.717) is 0 Å². The zero-order chi connectivity index (χ0) is 13.2. The van der Waals surface area contributed by atoms with Crippen molar-refractivity contribution in [3.63, 3.8) is 0 Å². The topological polar surface area (TPSA) is 20.2 Å². The number of hydrogen-bond donors (Lipinski definition) is 1. The Morgan fingerprint density at radius 1 is 0.842 bits per heavy atom. The summed E-state index contributed by atoms with van der Waals surface area (Å²) in [5, 5.41) is 14.8. The van der Waals surface area contributed by atoms with Crippen LogP contribution in [0.25, 0.3) is 21.5 Å². The van der Waals surface area contributed by atoms with Gasteiger partial charge in [0.1, 0.15) is 0 Å². The molecule has 0 bridgehead atoms. The molecule has 1 heteroatoms. The third kappa shape index (κ3) is 2.47. The molecule has 1 N–H and O–H groups in total. The molecule has 0 radical (unpaired) electrons. The Morgan fingerprint density at radius 3 is 2.16 bits per heavy atom. The van der Waals surface area contributed by atoms with Crippen LogP contribution < -0.4 is 0 Å². The van der Waals surface area contributed by atoms with Crippen LogP contribution in [0.1, 0.15) is 18.9 Å². The summed E-state index contributed by atoms with van der Waals surface area (Å²) >= 11 is 0. The smallest absolute Gasteiger partial charge is 0.0577 e. The minimum atomic E-state index is -0.238. The lowest BCUT2D eigenvalue weighted by molar-refractivity contribution is 0.171. The third-order valence-electron chi connectivity index (χ3n) is 3.71. The molecular weight excluding hydrogens is 232 g/mol. The molecule has 19 heavy (non-hydrogen) atoms. The standard InChI is InChI=1S/C18H18O/c1-2-18(19)10-13-7-8-16-11-14-5-3-4-6-15(14)12-17(16)9-13/h3-9,11-12,18-19H,2,10H2,1H3. The Balaban J connectivity index is 2.09. The summed E-state index contributed by atoms with van der Waals surface area (Å²) in [5.41, 5.74) is 1.21. The summed E-state index contributed by atoms with van der Waals surface area (Å²) in [6.07, 6.45) is 1.30. The van der Waals surface area contributed by atoms with Gasteiger partial charge >= 0.3 is 0 Å². The van der Waals surface area contributed by atoms with Crippen LogP contribution in [0.5, 0.6) is 0 Å². The van der Waals surface area contributed by atoms with Gasteiger partial charge in [0, 0.05) is 0 Å². The molecule has 0 saturated carbocycles. The van der Waals surface area contributed by atoms with Crippen LogP contribution in [0.2, 0.25) is 0 Å². The molecular formula is C18H18O. The average molecular weight is 250 g/mol. The first kappa shape index (κ1) is 12.2. The fourth-order valence-corrected chi connectivity index (χ4v) is 2.53. The molecule has 0 aromatic heterocycles. The molecule has 0 aliphatic heterocycles. The molecule has 96 valence electrons. The maximum atomic E-state index is 9.76. The van der Waals surface area contributed by atoms with Gasteiger partial charge in [0.05, 0.1) is 6.10 Å². The van der Waals surface area contributed by atoms with E-state index in [4.69, 9.17) is 0 Å². The molecule has 0 saturated heterocycles. The first-order valence-corrected chi connectivity index (χ1v) is 6.86. The van der Waals surface area contributed by atoms with E-state index < -0.39 is 0 Å². The molecule has 3 aromatic carbocycles. The van der Waals surface area contributed by atoms with E-state index >= 15 is 0 Å². The van der Waals surface area contributed by atoms with Crippen molar-refractivity contribution in [1.82, 2.24) is 0 Å². The fraction of sp³-hybridized carbons (Fsp3) is 0.222. The van der Waals surface area contributed by atoms with Crippen molar-refractivity contribution in [2.75, 3.05) is 0 Å². The fourth-order valence-electron chi connectivity index (χ4n) is 2.53. The van der Waals surface area contributed by atoms with Gasteiger partial charge in [0.25, 0.3) is 0 Å². The molecule has 0 fully saturated rings. The minimum absolute atomic E-state index is 0.238. The zero-order valence-corrected chi connectivity index (χ0v) is 11.1. The second kappa shape index (κ2) is 5.02. The summed E-state index contributed by atoms with van der Waals surface area (Å²) in [4.78, 5) is 0. The van der Waals surface area contributed by atoms with Crippen molar-refractivity contribution >= 4 is 21.5 Å². The molecule has 0 aliphatic rings. The van der Waals surface area contributed by atoms with Gasteiger partial charge in [-0.05, 0) is 52.1 Å². The summed E-state index contributed by atoms with van der Waals surface area (Å²) < 4.78 is 0. The van der Waals surface area contributed by atoms with Crippen molar-refractivity contribution < 1.29 is 5.11 Å². The summed E-state index contributed by atoms with van der Waals surface area (Å²) in [6, 6.07) is 19.3. The Morgan fingerprint density at radius 2 is 1.47 bits per heavy atom. The van der Waals surface area contributed by atoms with E-state index in [2.05, 4.69) is 54.6 Å². The number of aliphatic hydroxyl groups is 1. The predicted octanol–water partition coefficient (Wildman–Crippen LogP) is 4.31. The first-order chi connectivity index (χ1) is 9.26. The number of rotatable bonds is 3. The highest BCUT2D eigenvalue weighted by atomic mass is 16.3. The van der Waals surface area contributed by atoms with Crippen LogP contribution in [0, 0.1) is 0 Å². The van der Waals surface area contributed by atoms with E-state index in [1.165, 1.54) is 27.1 Å². The van der Waals surface area contributed by atoms with Gasteiger partial charge in [-0.2, -0.15) is 0 Å². The predicted molar refractivity (Wildman–Crippen MR) is 81.5 cm³/mol. The van der Waals surface area contributed by atoms with Crippen molar-refractivity contribution in [2.24, 2.45) is 0 Å². The van der Waals surface area contributed by atoms with Gasteiger partial charge in [-0.1, -0.05) is 49.4 Å². The van der Waals surface area contributed by atoms with Gasteiger partial charge in [0.2, 0.25) is 0 Å². The van der Waals surface area contributed by atoms with E-state index in [-0.39, 0.29) is 6.10 Å². The van der Waals surface area contributed by atoms with Gasteiger partial charge in [-0.15, -0.1) is 0 Å². The molecule has 1 atom stereocenters. The summed E-state index contributed by atoms with van der Waals surface area (Å²) in [7, 11) is 0. The Hall–Kier alpha value is -1.86. The molecule has 0 heterocycles. The highest BCUT2D eigenvalue weighted by molar-refractivity contribution is 5.98. The van der Waals surface area contributed by atoms with E-state index in [1.807, 2.05) is 6.92 Å². The van der Waals surface area contributed by atoms with Crippen molar-refractivity contribution in [3.05, 3.63) is 60.2 Å². The Kier molecular flexibility index (Phi) is 3.22. The largest absolute Gasteiger partial charge is 0.393 e. The second-order valence-corrected chi connectivity index (χ2v) is 5.15. The Bertz CT molecular complexity index is 715.